The second-order valence-electron chi connectivity index (χ2n) is 4.27. The third-order valence-electron chi connectivity index (χ3n) is 2.93. The molecule has 1 aliphatic heterocycles. The van der Waals surface area contributed by atoms with Crippen LogP contribution < -0.4 is 5.73 Å². The molecular formula is C9H20N2O. The summed E-state index contributed by atoms with van der Waals surface area (Å²) < 4.78 is 0. The van der Waals surface area contributed by atoms with Crippen molar-refractivity contribution < 1.29 is 5.11 Å². The number of aliphatic hydroxyl groups excluding tert-OH is 1. The third-order valence-corrected chi connectivity index (χ3v) is 2.93. The minimum absolute atomic E-state index is 0.115. The molecule has 1 saturated heterocycles. The fourth-order valence-electron chi connectivity index (χ4n) is 1.72. The molecule has 0 amide bonds. The van der Waals surface area contributed by atoms with Crippen LogP contribution in [0.1, 0.15) is 20.3 Å². The van der Waals surface area contributed by atoms with Crippen molar-refractivity contribution in [2.45, 2.75) is 26.3 Å². The van der Waals surface area contributed by atoms with Crippen molar-refractivity contribution in [3.8, 4) is 0 Å². The second kappa shape index (κ2) is 3.73. The number of aliphatic hydroxyl groups is 1. The zero-order valence-corrected chi connectivity index (χ0v) is 8.08. The van der Waals surface area contributed by atoms with Crippen molar-refractivity contribution in [3.63, 3.8) is 0 Å². The van der Waals surface area contributed by atoms with Gasteiger partial charge in [-0.1, -0.05) is 6.92 Å². The van der Waals surface area contributed by atoms with Gasteiger partial charge < -0.3 is 10.8 Å². The highest BCUT2D eigenvalue weighted by Crippen LogP contribution is 2.29. The summed E-state index contributed by atoms with van der Waals surface area (Å²) in [6.07, 6.45) is 1.09. The Labute approximate surface area is 74.5 Å². The number of rotatable bonds is 3. The first-order valence-electron chi connectivity index (χ1n) is 4.66. The van der Waals surface area contributed by atoms with E-state index in [-0.39, 0.29) is 5.41 Å². The Kier molecular flexibility index (Phi) is 3.09. The van der Waals surface area contributed by atoms with E-state index in [1.807, 2.05) is 0 Å². The molecule has 2 atom stereocenters. The fourth-order valence-corrected chi connectivity index (χ4v) is 1.72. The van der Waals surface area contributed by atoms with E-state index in [9.17, 15) is 0 Å². The molecule has 2 unspecified atom stereocenters. The van der Waals surface area contributed by atoms with Crippen LogP contribution in [0.3, 0.4) is 0 Å². The zero-order valence-electron chi connectivity index (χ0n) is 8.08. The first-order valence-corrected chi connectivity index (χ1v) is 4.66. The first kappa shape index (κ1) is 9.96. The van der Waals surface area contributed by atoms with Crippen LogP contribution in [0.25, 0.3) is 0 Å². The molecule has 0 radical (unpaired) electrons. The topological polar surface area (TPSA) is 49.5 Å². The number of hydrogen-bond donors (Lipinski definition) is 2. The molecule has 0 bridgehead atoms. The van der Waals surface area contributed by atoms with Gasteiger partial charge in [-0.3, -0.25) is 4.90 Å². The van der Waals surface area contributed by atoms with Crippen molar-refractivity contribution in [2.24, 2.45) is 11.1 Å². The van der Waals surface area contributed by atoms with Gasteiger partial charge in [0.25, 0.3) is 0 Å². The zero-order chi connectivity index (χ0) is 9.19. The normalized spacial score (nSPS) is 34.0. The van der Waals surface area contributed by atoms with Crippen LogP contribution in [0.5, 0.6) is 0 Å². The van der Waals surface area contributed by atoms with Gasteiger partial charge in [-0.05, 0) is 19.9 Å². The van der Waals surface area contributed by atoms with Crippen LogP contribution in [-0.4, -0.2) is 42.3 Å². The van der Waals surface area contributed by atoms with Crippen LogP contribution >= 0.6 is 0 Å². The molecule has 1 heterocycles. The maximum absolute atomic E-state index is 9.14. The van der Waals surface area contributed by atoms with Crippen LogP contribution in [0.2, 0.25) is 0 Å². The molecule has 0 aromatic carbocycles. The van der Waals surface area contributed by atoms with Crippen LogP contribution in [0.15, 0.2) is 0 Å². The molecule has 3 heteroatoms. The molecule has 0 saturated carbocycles. The lowest BCUT2D eigenvalue weighted by atomic mass is 9.91. The predicted octanol–water partition coefficient (Wildman–Crippen LogP) is 0.0379. The summed E-state index contributed by atoms with van der Waals surface area (Å²) >= 11 is 0. The van der Waals surface area contributed by atoms with Gasteiger partial charge in [-0.15, -0.1) is 0 Å². The Morgan fingerprint density at radius 1 is 1.67 bits per heavy atom. The number of nitrogens with zero attached hydrogens (tertiary/aromatic N) is 1. The van der Waals surface area contributed by atoms with Crippen LogP contribution in [-0.2, 0) is 0 Å². The average Bonchev–Trinajstić information content (AvgIpc) is 2.48. The first-order chi connectivity index (χ1) is 5.61. The minimum atomic E-state index is 0.115. The summed E-state index contributed by atoms with van der Waals surface area (Å²) in [4.78, 5) is 2.36. The summed E-state index contributed by atoms with van der Waals surface area (Å²) in [6.45, 7) is 7.35. The molecule has 3 nitrogen and oxygen atoms in total. The lowest BCUT2D eigenvalue weighted by Crippen LogP contribution is -2.38. The van der Waals surface area contributed by atoms with Gasteiger partial charge in [0.05, 0.1) is 0 Å². The van der Waals surface area contributed by atoms with Gasteiger partial charge in [0.1, 0.15) is 0 Å². The standard InChI is InChI=1S/C9H20N2O/c1-8(5-10)11-4-3-9(2,6-11)7-12/h8,12H,3-7,10H2,1-2H3. The molecule has 0 aromatic heterocycles. The molecular weight excluding hydrogens is 152 g/mol. The average molecular weight is 172 g/mol. The Balaban J connectivity index is 2.45. The van der Waals surface area contributed by atoms with Gasteiger partial charge in [-0.25, -0.2) is 0 Å². The summed E-state index contributed by atoms with van der Waals surface area (Å²) in [5, 5.41) is 9.14. The fraction of sp³-hybridized carbons (Fsp3) is 1.00. The molecule has 72 valence electrons. The van der Waals surface area contributed by atoms with Gasteiger partial charge in [0.2, 0.25) is 0 Å². The van der Waals surface area contributed by atoms with Gasteiger partial charge in [0.15, 0.2) is 0 Å². The van der Waals surface area contributed by atoms with Crippen molar-refractivity contribution in [2.75, 3.05) is 26.2 Å². The lowest BCUT2D eigenvalue weighted by molar-refractivity contribution is 0.137. The summed E-state index contributed by atoms with van der Waals surface area (Å²) in [6, 6.07) is 0.457. The Hall–Kier alpha value is -0.120. The molecule has 1 aliphatic rings. The molecule has 0 aromatic rings. The van der Waals surface area contributed by atoms with E-state index in [0.29, 0.717) is 19.2 Å². The molecule has 0 spiro atoms. The number of hydrogen-bond acceptors (Lipinski definition) is 3. The Morgan fingerprint density at radius 2 is 2.33 bits per heavy atom. The lowest BCUT2D eigenvalue weighted by Gasteiger charge is -2.25. The molecule has 12 heavy (non-hydrogen) atoms. The summed E-state index contributed by atoms with van der Waals surface area (Å²) in [5.41, 5.74) is 5.69. The van der Waals surface area contributed by atoms with Gasteiger partial charge in [-0.2, -0.15) is 0 Å². The van der Waals surface area contributed by atoms with Crippen molar-refractivity contribution >= 4 is 0 Å². The van der Waals surface area contributed by atoms with Crippen LogP contribution in [0.4, 0.5) is 0 Å². The number of nitrogens with two attached hydrogens (primary N) is 1. The maximum Gasteiger partial charge on any atom is 0.0497 e. The van der Waals surface area contributed by atoms with Crippen molar-refractivity contribution in [1.82, 2.24) is 4.90 Å². The highest BCUT2D eigenvalue weighted by atomic mass is 16.3. The predicted molar refractivity (Wildman–Crippen MR) is 49.9 cm³/mol. The van der Waals surface area contributed by atoms with E-state index in [0.717, 1.165) is 19.5 Å². The van der Waals surface area contributed by atoms with Crippen molar-refractivity contribution in [3.05, 3.63) is 0 Å². The summed E-state index contributed by atoms with van der Waals surface area (Å²) in [5.74, 6) is 0. The molecule has 0 aliphatic carbocycles. The molecule has 1 rings (SSSR count). The third kappa shape index (κ3) is 1.97. The second-order valence-corrected chi connectivity index (χ2v) is 4.27. The largest absolute Gasteiger partial charge is 0.396 e. The van der Waals surface area contributed by atoms with Crippen LogP contribution in [0, 0.1) is 5.41 Å². The van der Waals surface area contributed by atoms with E-state index in [1.165, 1.54) is 0 Å². The quantitative estimate of drug-likeness (QED) is 0.632. The van der Waals surface area contributed by atoms with Gasteiger partial charge in [0, 0.05) is 31.2 Å². The minimum Gasteiger partial charge on any atom is -0.396 e. The summed E-state index contributed by atoms with van der Waals surface area (Å²) in [7, 11) is 0. The van der Waals surface area contributed by atoms with Crippen molar-refractivity contribution in [1.29, 1.82) is 0 Å². The Bertz CT molecular complexity index is 151. The van der Waals surface area contributed by atoms with E-state index in [4.69, 9.17) is 10.8 Å². The highest BCUT2D eigenvalue weighted by molar-refractivity contribution is 4.88. The molecule has 3 N–H and O–H groups in total. The SMILES string of the molecule is CC(CN)N1CCC(C)(CO)C1. The van der Waals surface area contributed by atoms with E-state index < -0.39 is 0 Å². The molecule has 1 fully saturated rings. The van der Waals surface area contributed by atoms with Gasteiger partial charge >= 0.3 is 0 Å². The van der Waals surface area contributed by atoms with E-state index >= 15 is 0 Å². The monoisotopic (exact) mass is 172 g/mol. The van der Waals surface area contributed by atoms with E-state index in [2.05, 4.69) is 18.7 Å². The van der Waals surface area contributed by atoms with E-state index in [1.54, 1.807) is 0 Å². The maximum atomic E-state index is 9.14. The smallest absolute Gasteiger partial charge is 0.0497 e. The Morgan fingerprint density at radius 3 is 2.75 bits per heavy atom. The highest BCUT2D eigenvalue weighted by Gasteiger charge is 2.34. The number of likely N-dealkylation sites (tertiary alicyclic amines) is 1.